The summed E-state index contributed by atoms with van der Waals surface area (Å²) in [6.07, 6.45) is 2.61. The number of rotatable bonds is 5. The quantitative estimate of drug-likeness (QED) is 0.864. The number of methoxy groups -OCH3 is 1. The van der Waals surface area contributed by atoms with Crippen LogP contribution in [0.4, 0.5) is 0 Å². The average molecular weight is 248 g/mol. The smallest absolute Gasteiger partial charge is 0.123 e. The van der Waals surface area contributed by atoms with Crippen molar-refractivity contribution in [2.45, 2.75) is 32.4 Å². The molecule has 0 aromatic heterocycles. The maximum Gasteiger partial charge on any atom is 0.123 e. The lowest BCUT2D eigenvalue weighted by Gasteiger charge is -2.22. The van der Waals surface area contributed by atoms with Crippen LogP contribution in [0.25, 0.3) is 0 Å². The highest BCUT2D eigenvalue weighted by molar-refractivity contribution is 5.36. The van der Waals surface area contributed by atoms with Crippen LogP contribution in [0.15, 0.2) is 18.2 Å². The van der Waals surface area contributed by atoms with E-state index in [4.69, 9.17) is 4.74 Å². The van der Waals surface area contributed by atoms with Crippen LogP contribution in [0.1, 0.15) is 24.0 Å². The number of nitrogens with one attached hydrogen (secondary N) is 1. The van der Waals surface area contributed by atoms with Crippen molar-refractivity contribution in [1.82, 2.24) is 10.2 Å². The Balaban J connectivity index is 1.96. The van der Waals surface area contributed by atoms with E-state index in [0.717, 1.165) is 18.8 Å². The third kappa shape index (κ3) is 3.47. The van der Waals surface area contributed by atoms with Crippen LogP contribution in [0.5, 0.6) is 5.75 Å². The second-order valence-corrected chi connectivity index (χ2v) is 5.31. The molecule has 1 aliphatic rings. The minimum Gasteiger partial charge on any atom is -0.496 e. The Morgan fingerprint density at radius 1 is 1.44 bits per heavy atom. The first kappa shape index (κ1) is 13.4. The predicted molar refractivity (Wildman–Crippen MR) is 75.1 cm³/mol. The van der Waals surface area contributed by atoms with Crippen LogP contribution in [0.3, 0.4) is 0 Å². The molecule has 1 fully saturated rings. The highest BCUT2D eigenvalue weighted by Crippen LogP contribution is 2.21. The summed E-state index contributed by atoms with van der Waals surface area (Å²) >= 11 is 0. The normalized spacial score (nSPS) is 19.4. The molecule has 1 heterocycles. The lowest BCUT2D eigenvalue weighted by Crippen LogP contribution is -2.35. The molecule has 0 spiro atoms. The second kappa shape index (κ2) is 6.21. The molecule has 1 atom stereocenters. The topological polar surface area (TPSA) is 24.5 Å². The van der Waals surface area contributed by atoms with E-state index in [-0.39, 0.29) is 0 Å². The zero-order valence-electron chi connectivity index (χ0n) is 11.7. The molecular weight excluding hydrogens is 224 g/mol. The summed E-state index contributed by atoms with van der Waals surface area (Å²) in [5.74, 6) is 0.992. The van der Waals surface area contributed by atoms with E-state index in [9.17, 15) is 0 Å². The summed E-state index contributed by atoms with van der Waals surface area (Å²) in [7, 11) is 3.93. The van der Waals surface area contributed by atoms with Crippen molar-refractivity contribution in [1.29, 1.82) is 0 Å². The second-order valence-electron chi connectivity index (χ2n) is 5.31. The van der Waals surface area contributed by atoms with Crippen molar-refractivity contribution in [3.8, 4) is 5.75 Å². The molecule has 0 aliphatic carbocycles. The third-order valence-corrected chi connectivity index (χ3v) is 3.57. The molecule has 0 amide bonds. The van der Waals surface area contributed by atoms with Gasteiger partial charge < -0.3 is 15.0 Å². The monoisotopic (exact) mass is 248 g/mol. The minimum atomic E-state index is 0.658. The van der Waals surface area contributed by atoms with E-state index >= 15 is 0 Å². The number of nitrogens with zero attached hydrogens (tertiary/aromatic N) is 1. The molecule has 100 valence electrons. The van der Waals surface area contributed by atoms with Crippen LogP contribution in [-0.4, -0.2) is 38.2 Å². The number of benzene rings is 1. The van der Waals surface area contributed by atoms with Crippen molar-refractivity contribution in [2.24, 2.45) is 0 Å². The zero-order chi connectivity index (χ0) is 13.0. The van der Waals surface area contributed by atoms with Gasteiger partial charge in [0.25, 0.3) is 0 Å². The van der Waals surface area contributed by atoms with Crippen molar-refractivity contribution >= 4 is 0 Å². The van der Waals surface area contributed by atoms with Crippen molar-refractivity contribution in [2.75, 3.05) is 27.2 Å². The van der Waals surface area contributed by atoms with Gasteiger partial charge in [0.05, 0.1) is 7.11 Å². The Kier molecular flexibility index (Phi) is 4.61. The van der Waals surface area contributed by atoms with E-state index < -0.39 is 0 Å². The van der Waals surface area contributed by atoms with Gasteiger partial charge in [-0.25, -0.2) is 0 Å². The molecule has 2 rings (SSSR count). The Hall–Kier alpha value is -1.06. The summed E-state index contributed by atoms with van der Waals surface area (Å²) in [5.41, 5.74) is 2.57. The molecule has 18 heavy (non-hydrogen) atoms. The zero-order valence-corrected chi connectivity index (χ0v) is 11.7. The number of aryl methyl sites for hydroxylation is 1. The van der Waals surface area contributed by atoms with Crippen molar-refractivity contribution in [3.05, 3.63) is 29.3 Å². The molecule has 1 unspecified atom stereocenters. The highest BCUT2D eigenvalue weighted by atomic mass is 16.5. The number of hydrogen-bond acceptors (Lipinski definition) is 3. The van der Waals surface area contributed by atoms with Gasteiger partial charge in [-0.15, -0.1) is 0 Å². The Labute approximate surface area is 110 Å². The maximum atomic E-state index is 5.43. The molecular formula is C15H24N2O. The third-order valence-electron chi connectivity index (χ3n) is 3.57. The summed E-state index contributed by atoms with van der Waals surface area (Å²) < 4.78 is 5.43. The first-order chi connectivity index (χ1) is 8.69. The van der Waals surface area contributed by atoms with E-state index in [1.54, 1.807) is 7.11 Å². The molecule has 0 radical (unpaired) electrons. The molecule has 1 N–H and O–H groups in total. The molecule has 0 saturated carbocycles. The summed E-state index contributed by atoms with van der Waals surface area (Å²) in [6.45, 7) is 5.36. The number of hydrogen-bond donors (Lipinski definition) is 1. The van der Waals surface area contributed by atoms with Crippen LogP contribution in [-0.2, 0) is 6.54 Å². The van der Waals surface area contributed by atoms with Crippen molar-refractivity contribution in [3.63, 3.8) is 0 Å². The first-order valence-corrected chi connectivity index (χ1v) is 6.74. The number of ether oxygens (including phenoxy) is 1. The Bertz CT molecular complexity index is 386. The van der Waals surface area contributed by atoms with E-state index in [1.807, 2.05) is 0 Å². The molecule has 0 bridgehead atoms. The first-order valence-electron chi connectivity index (χ1n) is 6.74. The summed E-state index contributed by atoms with van der Waals surface area (Å²) in [4.78, 5) is 2.38. The van der Waals surface area contributed by atoms with Crippen LogP contribution in [0.2, 0.25) is 0 Å². The van der Waals surface area contributed by atoms with Gasteiger partial charge >= 0.3 is 0 Å². The van der Waals surface area contributed by atoms with E-state index in [2.05, 4.69) is 42.4 Å². The molecule has 3 nitrogen and oxygen atoms in total. The van der Waals surface area contributed by atoms with Crippen LogP contribution in [0, 0.1) is 6.92 Å². The van der Waals surface area contributed by atoms with E-state index in [0.29, 0.717) is 6.04 Å². The minimum absolute atomic E-state index is 0.658. The maximum absolute atomic E-state index is 5.43. The standard InChI is InChI=1S/C15H24N2O/c1-12-6-7-15(18-3)13(9-12)10-17(2)11-14-5-4-8-16-14/h6-7,9,14,16H,4-5,8,10-11H2,1-3H3. The molecule has 1 aliphatic heterocycles. The van der Waals surface area contributed by atoms with Crippen LogP contribution >= 0.6 is 0 Å². The molecule has 1 aromatic carbocycles. The van der Waals surface area contributed by atoms with Gasteiger partial charge in [0.1, 0.15) is 5.75 Å². The lowest BCUT2D eigenvalue weighted by molar-refractivity contribution is 0.287. The predicted octanol–water partition coefficient (Wildman–Crippen LogP) is 2.19. The fourth-order valence-corrected chi connectivity index (χ4v) is 2.68. The van der Waals surface area contributed by atoms with E-state index in [1.165, 1.54) is 30.5 Å². The molecule has 3 heteroatoms. The average Bonchev–Trinajstić information content (AvgIpc) is 2.82. The van der Waals surface area contributed by atoms with Gasteiger partial charge in [-0.1, -0.05) is 17.7 Å². The lowest BCUT2D eigenvalue weighted by atomic mass is 10.1. The van der Waals surface area contributed by atoms with Gasteiger partial charge in [0, 0.05) is 24.7 Å². The number of likely N-dealkylation sites (N-methyl/N-ethyl adjacent to an activating group) is 1. The van der Waals surface area contributed by atoms with Gasteiger partial charge in [-0.2, -0.15) is 0 Å². The summed E-state index contributed by atoms with van der Waals surface area (Å²) in [5, 5.41) is 3.54. The van der Waals surface area contributed by atoms with Gasteiger partial charge in [-0.3, -0.25) is 0 Å². The van der Waals surface area contributed by atoms with Gasteiger partial charge in [-0.05, 0) is 39.4 Å². The fraction of sp³-hybridized carbons (Fsp3) is 0.600. The molecule has 1 saturated heterocycles. The van der Waals surface area contributed by atoms with Crippen LogP contribution < -0.4 is 10.1 Å². The largest absolute Gasteiger partial charge is 0.496 e. The fourth-order valence-electron chi connectivity index (χ4n) is 2.68. The summed E-state index contributed by atoms with van der Waals surface area (Å²) in [6, 6.07) is 7.04. The van der Waals surface area contributed by atoms with Gasteiger partial charge in [0.15, 0.2) is 0 Å². The van der Waals surface area contributed by atoms with Gasteiger partial charge in [0.2, 0.25) is 0 Å². The van der Waals surface area contributed by atoms with Crippen molar-refractivity contribution < 1.29 is 4.74 Å². The Morgan fingerprint density at radius 2 is 2.28 bits per heavy atom. The molecule has 1 aromatic rings. The SMILES string of the molecule is COc1ccc(C)cc1CN(C)CC1CCCN1. The highest BCUT2D eigenvalue weighted by Gasteiger charge is 2.16. The Morgan fingerprint density at radius 3 is 2.94 bits per heavy atom.